The molecule has 29 heavy (non-hydrogen) atoms. The van der Waals surface area contributed by atoms with Gasteiger partial charge in [-0.3, -0.25) is 4.79 Å². The number of carbonyl (C=O) groups excluding carboxylic acids is 1. The van der Waals surface area contributed by atoms with E-state index >= 15 is 0 Å². The van der Waals surface area contributed by atoms with E-state index in [1.165, 1.54) is 25.3 Å². The van der Waals surface area contributed by atoms with Crippen LogP contribution < -0.4 is 4.72 Å². The fourth-order valence-electron chi connectivity index (χ4n) is 2.45. The molecule has 7 nitrogen and oxygen atoms in total. The van der Waals surface area contributed by atoms with Crippen LogP contribution in [0.5, 0.6) is 0 Å². The summed E-state index contributed by atoms with van der Waals surface area (Å²) in [5, 5.41) is 0.601. The lowest BCUT2D eigenvalue weighted by molar-refractivity contribution is -0.147. The Balaban J connectivity index is 1.57. The molecule has 2 aromatic carbocycles. The van der Waals surface area contributed by atoms with Crippen LogP contribution in [0.15, 0.2) is 64.0 Å². The average molecular weight is 435 g/mol. The molecule has 3 rings (SSSR count). The Bertz CT molecular complexity index is 1090. The number of rotatable bonds is 7. The van der Waals surface area contributed by atoms with Crippen molar-refractivity contribution in [2.24, 2.45) is 0 Å². The minimum Gasteiger partial charge on any atom is -0.454 e. The molecule has 9 heteroatoms. The van der Waals surface area contributed by atoms with Crippen LogP contribution in [-0.4, -0.2) is 25.4 Å². The number of nitrogens with zero attached hydrogens (tertiary/aromatic N) is 1. The van der Waals surface area contributed by atoms with Crippen LogP contribution in [0, 0.1) is 6.92 Å². The van der Waals surface area contributed by atoms with Crippen molar-refractivity contribution < 1.29 is 22.4 Å². The van der Waals surface area contributed by atoms with Crippen LogP contribution in [0.1, 0.15) is 18.4 Å². The predicted molar refractivity (Wildman–Crippen MR) is 108 cm³/mol. The maximum absolute atomic E-state index is 12.4. The fraction of sp³-hybridized carbons (Fsp3) is 0.200. The molecule has 0 saturated carbocycles. The highest BCUT2D eigenvalue weighted by atomic mass is 35.5. The van der Waals surface area contributed by atoms with Crippen LogP contribution in [0.3, 0.4) is 0 Å². The van der Waals surface area contributed by atoms with Gasteiger partial charge >= 0.3 is 5.97 Å². The molecule has 0 aliphatic carbocycles. The summed E-state index contributed by atoms with van der Waals surface area (Å²) in [6.45, 7) is 3.04. The van der Waals surface area contributed by atoms with Gasteiger partial charge in [0.25, 0.3) is 0 Å². The summed E-state index contributed by atoms with van der Waals surface area (Å²) >= 11 is 5.86. The van der Waals surface area contributed by atoms with Gasteiger partial charge in [0.15, 0.2) is 12.4 Å². The quantitative estimate of drug-likeness (QED) is 0.569. The number of carbonyl (C=O) groups is 1. The molecular formula is C20H19ClN2O5S. The number of esters is 1. The maximum Gasteiger partial charge on any atom is 0.324 e. The van der Waals surface area contributed by atoms with E-state index in [-0.39, 0.29) is 17.4 Å². The van der Waals surface area contributed by atoms with Gasteiger partial charge in [0, 0.05) is 10.6 Å². The van der Waals surface area contributed by atoms with Crippen molar-refractivity contribution in [1.82, 2.24) is 9.71 Å². The SMILES string of the molecule is Cc1ccc(S(=O)(=O)N[C@@H](C)C(=O)OCc2ncc(-c3ccc(Cl)cc3)o2)cc1. The number of halogens is 1. The minimum absolute atomic E-state index is 0.0723. The predicted octanol–water partition coefficient (Wildman–Crippen LogP) is 3.71. The van der Waals surface area contributed by atoms with Crippen LogP contribution in [0.25, 0.3) is 11.3 Å². The molecule has 0 saturated heterocycles. The highest BCUT2D eigenvalue weighted by Gasteiger charge is 2.23. The lowest BCUT2D eigenvalue weighted by Gasteiger charge is -2.13. The molecule has 0 fully saturated rings. The monoisotopic (exact) mass is 434 g/mol. The van der Waals surface area contributed by atoms with Gasteiger partial charge in [-0.05, 0) is 50.2 Å². The first kappa shape index (κ1) is 21.0. The van der Waals surface area contributed by atoms with Crippen molar-refractivity contribution in [1.29, 1.82) is 0 Å². The zero-order chi connectivity index (χ0) is 21.0. The van der Waals surface area contributed by atoms with Crippen molar-refractivity contribution in [2.75, 3.05) is 0 Å². The van der Waals surface area contributed by atoms with Crippen molar-refractivity contribution in [3.8, 4) is 11.3 Å². The maximum atomic E-state index is 12.4. The van der Waals surface area contributed by atoms with Gasteiger partial charge in [0.1, 0.15) is 6.04 Å². The number of ether oxygens (including phenoxy) is 1. The number of sulfonamides is 1. The summed E-state index contributed by atoms with van der Waals surface area (Å²) in [5.41, 5.74) is 1.71. The lowest BCUT2D eigenvalue weighted by atomic mass is 10.2. The standard InChI is InChI=1S/C20H19ClN2O5S/c1-13-3-9-17(10-4-13)29(25,26)23-14(2)20(24)27-12-19-22-11-18(28-19)15-5-7-16(21)8-6-15/h3-11,14,23H,12H2,1-2H3/t14-/m0/s1. The van der Waals surface area contributed by atoms with E-state index in [0.717, 1.165) is 11.1 Å². The normalized spacial score (nSPS) is 12.5. The van der Waals surface area contributed by atoms with Crippen LogP contribution in [0.2, 0.25) is 5.02 Å². The van der Waals surface area contributed by atoms with Gasteiger partial charge in [-0.1, -0.05) is 29.3 Å². The number of oxazole rings is 1. The Morgan fingerprint density at radius 2 is 1.83 bits per heavy atom. The Labute approximate surface area is 173 Å². The summed E-state index contributed by atoms with van der Waals surface area (Å²) in [6, 6.07) is 12.2. The Morgan fingerprint density at radius 1 is 1.17 bits per heavy atom. The van der Waals surface area contributed by atoms with Gasteiger partial charge in [-0.15, -0.1) is 0 Å². The van der Waals surface area contributed by atoms with Gasteiger partial charge in [-0.25, -0.2) is 13.4 Å². The molecule has 0 aliphatic heterocycles. The molecule has 1 N–H and O–H groups in total. The summed E-state index contributed by atoms with van der Waals surface area (Å²) in [6.07, 6.45) is 1.51. The number of aryl methyl sites for hydroxylation is 1. The highest BCUT2D eigenvalue weighted by Crippen LogP contribution is 2.22. The summed E-state index contributed by atoms with van der Waals surface area (Å²) < 4.78 is 37.7. The second kappa shape index (κ2) is 8.77. The molecule has 1 heterocycles. The molecule has 0 bridgehead atoms. The zero-order valence-electron chi connectivity index (χ0n) is 15.8. The van der Waals surface area contributed by atoms with E-state index < -0.39 is 22.0 Å². The van der Waals surface area contributed by atoms with E-state index in [9.17, 15) is 13.2 Å². The molecule has 1 atom stereocenters. The summed E-state index contributed by atoms with van der Waals surface area (Å²) in [7, 11) is -3.84. The van der Waals surface area contributed by atoms with Crippen molar-refractivity contribution in [2.45, 2.75) is 31.4 Å². The van der Waals surface area contributed by atoms with Crippen LogP contribution in [0.4, 0.5) is 0 Å². The van der Waals surface area contributed by atoms with E-state index in [0.29, 0.717) is 10.8 Å². The van der Waals surface area contributed by atoms with Gasteiger partial charge < -0.3 is 9.15 Å². The average Bonchev–Trinajstić information content (AvgIpc) is 3.15. The second-order valence-corrected chi connectivity index (χ2v) is 8.54. The zero-order valence-corrected chi connectivity index (χ0v) is 17.3. The van der Waals surface area contributed by atoms with E-state index in [1.807, 2.05) is 6.92 Å². The topological polar surface area (TPSA) is 98.5 Å². The van der Waals surface area contributed by atoms with Crippen molar-refractivity contribution in [3.05, 3.63) is 71.2 Å². The first-order valence-corrected chi connectivity index (χ1v) is 10.6. The first-order chi connectivity index (χ1) is 13.7. The second-order valence-electron chi connectivity index (χ2n) is 6.39. The van der Waals surface area contributed by atoms with Crippen molar-refractivity contribution in [3.63, 3.8) is 0 Å². The summed E-state index contributed by atoms with van der Waals surface area (Å²) in [5.74, 6) is -0.0512. The third-order valence-corrected chi connectivity index (χ3v) is 5.85. The van der Waals surface area contributed by atoms with E-state index in [4.69, 9.17) is 20.8 Å². The smallest absolute Gasteiger partial charge is 0.324 e. The van der Waals surface area contributed by atoms with Gasteiger partial charge in [0.05, 0.1) is 11.1 Å². The number of aromatic nitrogens is 1. The third-order valence-electron chi connectivity index (χ3n) is 4.04. The van der Waals surface area contributed by atoms with E-state index in [1.54, 1.807) is 36.4 Å². The Kier molecular flexibility index (Phi) is 6.36. The summed E-state index contributed by atoms with van der Waals surface area (Å²) in [4.78, 5) is 16.3. The van der Waals surface area contributed by atoms with Crippen LogP contribution in [-0.2, 0) is 26.2 Å². The molecule has 0 radical (unpaired) electrons. The lowest BCUT2D eigenvalue weighted by Crippen LogP contribution is -2.39. The molecule has 3 aromatic rings. The van der Waals surface area contributed by atoms with Crippen molar-refractivity contribution >= 4 is 27.6 Å². The molecule has 0 spiro atoms. The molecule has 1 aromatic heterocycles. The largest absolute Gasteiger partial charge is 0.454 e. The fourth-order valence-corrected chi connectivity index (χ4v) is 3.77. The van der Waals surface area contributed by atoms with Gasteiger partial charge in [-0.2, -0.15) is 4.72 Å². The third kappa shape index (κ3) is 5.44. The van der Waals surface area contributed by atoms with Crippen LogP contribution >= 0.6 is 11.6 Å². The molecule has 152 valence electrons. The van der Waals surface area contributed by atoms with Gasteiger partial charge in [0.2, 0.25) is 15.9 Å². The van der Waals surface area contributed by atoms with E-state index in [2.05, 4.69) is 9.71 Å². The molecular weight excluding hydrogens is 416 g/mol. The first-order valence-electron chi connectivity index (χ1n) is 8.71. The molecule has 0 amide bonds. The Hall–Kier alpha value is -2.68. The number of nitrogens with one attached hydrogen (secondary N) is 1. The minimum atomic E-state index is -3.84. The number of benzene rings is 2. The highest BCUT2D eigenvalue weighted by molar-refractivity contribution is 7.89. The number of hydrogen-bond donors (Lipinski definition) is 1. The molecule has 0 unspecified atom stereocenters. The Morgan fingerprint density at radius 3 is 2.48 bits per heavy atom. The number of hydrogen-bond acceptors (Lipinski definition) is 6. The molecule has 0 aliphatic rings.